The molecule has 0 aliphatic carbocycles. The molecule has 2 N–H and O–H groups in total. The first kappa shape index (κ1) is 16.6. The van der Waals surface area contributed by atoms with Crippen molar-refractivity contribution in [1.82, 2.24) is 15.0 Å². The van der Waals surface area contributed by atoms with Crippen molar-refractivity contribution in [1.29, 1.82) is 0 Å². The second kappa shape index (κ2) is 7.09. The van der Waals surface area contributed by atoms with Crippen LogP contribution in [0.1, 0.15) is 28.8 Å². The maximum atomic E-state index is 12.3. The van der Waals surface area contributed by atoms with E-state index >= 15 is 0 Å². The van der Waals surface area contributed by atoms with E-state index in [1.54, 1.807) is 30.3 Å². The summed E-state index contributed by atoms with van der Waals surface area (Å²) >= 11 is 0. The lowest BCUT2D eigenvalue weighted by molar-refractivity contribution is 0.102. The largest absolute Gasteiger partial charge is 0.321 e. The van der Waals surface area contributed by atoms with E-state index in [9.17, 15) is 9.59 Å². The molecule has 6 nitrogen and oxygen atoms in total. The van der Waals surface area contributed by atoms with Crippen LogP contribution in [0.3, 0.4) is 0 Å². The highest BCUT2D eigenvalue weighted by Gasteiger charge is 2.09. The Hall–Kier alpha value is -3.28. The first-order valence-electron chi connectivity index (χ1n) is 8.01. The van der Waals surface area contributed by atoms with Crippen molar-refractivity contribution in [2.75, 3.05) is 5.32 Å². The van der Waals surface area contributed by atoms with Gasteiger partial charge in [0.25, 0.3) is 11.5 Å². The van der Waals surface area contributed by atoms with Crippen molar-refractivity contribution in [3.63, 3.8) is 0 Å². The van der Waals surface area contributed by atoms with Crippen molar-refractivity contribution in [2.24, 2.45) is 0 Å². The quantitative estimate of drug-likeness (QED) is 0.768. The fourth-order valence-corrected chi connectivity index (χ4v) is 2.43. The van der Waals surface area contributed by atoms with Crippen molar-refractivity contribution in [2.45, 2.75) is 20.3 Å². The lowest BCUT2D eigenvalue weighted by Gasteiger charge is -2.08. The first-order valence-corrected chi connectivity index (χ1v) is 8.01. The summed E-state index contributed by atoms with van der Waals surface area (Å²) < 4.78 is 0. The average molecular weight is 334 g/mol. The Morgan fingerprint density at radius 1 is 1.12 bits per heavy atom. The van der Waals surface area contributed by atoms with Crippen molar-refractivity contribution >= 4 is 11.6 Å². The number of nitrogens with zero attached hydrogens (tertiary/aromatic N) is 2. The fourth-order valence-electron chi connectivity index (χ4n) is 2.43. The van der Waals surface area contributed by atoms with Gasteiger partial charge in [-0.25, -0.2) is 9.97 Å². The molecule has 0 atom stereocenters. The van der Waals surface area contributed by atoms with E-state index in [1.807, 2.05) is 26.0 Å². The predicted octanol–water partition coefficient (Wildman–Crippen LogP) is 2.96. The van der Waals surface area contributed by atoms with Gasteiger partial charge in [0.05, 0.1) is 0 Å². The van der Waals surface area contributed by atoms with Crippen LogP contribution >= 0.6 is 0 Å². The summed E-state index contributed by atoms with van der Waals surface area (Å²) in [5, 5.41) is 2.82. The third kappa shape index (κ3) is 3.98. The molecule has 3 rings (SSSR count). The summed E-state index contributed by atoms with van der Waals surface area (Å²) in [5.41, 5.74) is 2.99. The Morgan fingerprint density at radius 2 is 1.92 bits per heavy atom. The highest BCUT2D eigenvalue weighted by Crippen LogP contribution is 2.19. The standard InChI is InChI=1S/C19H18N4O2/c1-3-14-11-17(24)23-18(21-14)13-7-5-8-15(10-13)22-19(25)16-9-4-6-12(2)20-16/h4-11H,3H2,1-2H3,(H,22,25)(H,21,23,24). The van der Waals surface area contributed by atoms with E-state index in [1.165, 1.54) is 6.07 Å². The van der Waals surface area contributed by atoms with Gasteiger partial charge in [-0.3, -0.25) is 9.59 Å². The van der Waals surface area contributed by atoms with Gasteiger partial charge in [0.15, 0.2) is 0 Å². The molecule has 25 heavy (non-hydrogen) atoms. The number of aromatic nitrogens is 3. The minimum absolute atomic E-state index is 0.194. The van der Waals surface area contributed by atoms with Crippen LogP contribution in [-0.2, 0) is 6.42 Å². The van der Waals surface area contributed by atoms with Gasteiger partial charge in [-0.1, -0.05) is 25.1 Å². The zero-order chi connectivity index (χ0) is 17.8. The number of nitrogens with one attached hydrogen (secondary N) is 2. The monoisotopic (exact) mass is 334 g/mol. The van der Waals surface area contributed by atoms with Crippen LogP contribution < -0.4 is 10.9 Å². The molecular formula is C19H18N4O2. The SMILES string of the molecule is CCc1cc(=O)[nH]c(-c2cccc(NC(=O)c3cccc(C)n3)c2)n1. The first-order chi connectivity index (χ1) is 12.0. The molecule has 0 saturated carbocycles. The smallest absolute Gasteiger partial charge is 0.274 e. The van der Waals surface area contributed by atoms with Crippen molar-refractivity contribution < 1.29 is 4.79 Å². The molecule has 1 aromatic carbocycles. The van der Waals surface area contributed by atoms with E-state index in [2.05, 4.69) is 20.3 Å². The topological polar surface area (TPSA) is 87.7 Å². The maximum Gasteiger partial charge on any atom is 0.274 e. The Kier molecular flexibility index (Phi) is 4.70. The second-order valence-electron chi connectivity index (χ2n) is 5.64. The van der Waals surface area contributed by atoms with Crippen LogP contribution in [-0.4, -0.2) is 20.9 Å². The molecule has 0 aliphatic heterocycles. The summed E-state index contributed by atoms with van der Waals surface area (Å²) in [5.74, 6) is 0.193. The highest BCUT2D eigenvalue weighted by molar-refractivity contribution is 6.03. The highest BCUT2D eigenvalue weighted by atomic mass is 16.2. The Bertz CT molecular complexity index is 979. The number of aryl methyl sites for hydroxylation is 2. The molecule has 0 aliphatic rings. The average Bonchev–Trinajstić information content (AvgIpc) is 2.61. The minimum atomic E-state index is -0.287. The zero-order valence-electron chi connectivity index (χ0n) is 14.0. The lowest BCUT2D eigenvalue weighted by atomic mass is 10.1. The molecule has 0 saturated heterocycles. The van der Waals surface area contributed by atoms with Crippen LogP contribution in [0.2, 0.25) is 0 Å². The Morgan fingerprint density at radius 3 is 2.68 bits per heavy atom. The molecule has 6 heteroatoms. The van der Waals surface area contributed by atoms with Crippen LogP contribution in [0.15, 0.2) is 53.3 Å². The summed E-state index contributed by atoms with van der Waals surface area (Å²) in [6, 6.07) is 13.9. The number of anilines is 1. The van der Waals surface area contributed by atoms with Gasteiger partial charge in [0.2, 0.25) is 0 Å². The molecular weight excluding hydrogens is 316 g/mol. The third-order valence-corrected chi connectivity index (χ3v) is 3.67. The molecule has 2 heterocycles. The van der Waals surface area contributed by atoms with Crippen LogP contribution in [0.5, 0.6) is 0 Å². The lowest BCUT2D eigenvalue weighted by Crippen LogP contribution is -2.14. The van der Waals surface area contributed by atoms with Crippen molar-refractivity contribution in [3.05, 3.63) is 76.0 Å². The molecule has 0 radical (unpaired) electrons. The summed E-state index contributed by atoms with van der Waals surface area (Å²) in [6.45, 7) is 3.77. The number of carbonyl (C=O) groups is 1. The van der Waals surface area contributed by atoms with Crippen LogP contribution in [0.4, 0.5) is 5.69 Å². The number of amides is 1. The number of hydrogen-bond donors (Lipinski definition) is 2. The van der Waals surface area contributed by atoms with E-state index in [4.69, 9.17) is 0 Å². The molecule has 1 amide bonds. The summed E-state index contributed by atoms with van der Waals surface area (Å²) in [4.78, 5) is 35.4. The third-order valence-electron chi connectivity index (χ3n) is 3.67. The Balaban J connectivity index is 1.88. The zero-order valence-corrected chi connectivity index (χ0v) is 14.0. The number of hydrogen-bond acceptors (Lipinski definition) is 4. The van der Waals surface area contributed by atoms with Gasteiger partial charge in [0.1, 0.15) is 11.5 Å². The minimum Gasteiger partial charge on any atom is -0.321 e. The predicted molar refractivity (Wildman–Crippen MR) is 96.6 cm³/mol. The molecule has 2 aromatic heterocycles. The molecule has 0 fully saturated rings. The van der Waals surface area contributed by atoms with Gasteiger partial charge in [-0.2, -0.15) is 0 Å². The van der Waals surface area contributed by atoms with E-state index in [0.717, 1.165) is 17.0 Å². The second-order valence-corrected chi connectivity index (χ2v) is 5.64. The van der Waals surface area contributed by atoms with Gasteiger partial charge in [0, 0.05) is 28.7 Å². The Labute approximate surface area is 145 Å². The van der Waals surface area contributed by atoms with Gasteiger partial charge < -0.3 is 10.3 Å². The molecule has 0 bridgehead atoms. The van der Waals surface area contributed by atoms with Gasteiger partial charge in [-0.15, -0.1) is 0 Å². The van der Waals surface area contributed by atoms with Gasteiger partial charge in [-0.05, 0) is 37.6 Å². The molecule has 0 spiro atoms. The van der Waals surface area contributed by atoms with Crippen LogP contribution in [0, 0.1) is 6.92 Å². The number of benzene rings is 1. The number of carbonyl (C=O) groups excluding carboxylic acids is 1. The number of H-pyrrole nitrogens is 1. The van der Waals surface area contributed by atoms with E-state index in [-0.39, 0.29) is 11.5 Å². The van der Waals surface area contributed by atoms with Crippen molar-refractivity contribution in [3.8, 4) is 11.4 Å². The fraction of sp³-hybridized carbons (Fsp3) is 0.158. The normalized spacial score (nSPS) is 10.5. The van der Waals surface area contributed by atoms with Gasteiger partial charge >= 0.3 is 0 Å². The number of rotatable bonds is 4. The summed E-state index contributed by atoms with van der Waals surface area (Å²) in [6.07, 6.45) is 0.673. The van der Waals surface area contributed by atoms with Crippen LogP contribution in [0.25, 0.3) is 11.4 Å². The number of pyridine rings is 1. The number of aromatic amines is 1. The molecule has 126 valence electrons. The summed E-state index contributed by atoms with van der Waals surface area (Å²) in [7, 11) is 0. The molecule has 3 aromatic rings. The maximum absolute atomic E-state index is 12.3. The molecule has 0 unspecified atom stereocenters. The van der Waals surface area contributed by atoms with E-state index in [0.29, 0.717) is 23.6 Å². The van der Waals surface area contributed by atoms with E-state index < -0.39 is 0 Å².